The molecule has 4 nitrogen and oxygen atoms in total. The van der Waals surface area contributed by atoms with Crippen LogP contribution >= 0.6 is 27.3 Å². The maximum Gasteiger partial charge on any atom is 0.222 e. The number of nitrogens with two attached hydrogens (primary N) is 1. The number of halogens is 1. The highest BCUT2D eigenvalue weighted by Crippen LogP contribution is 2.31. The van der Waals surface area contributed by atoms with Crippen molar-refractivity contribution in [3.8, 4) is 0 Å². The molecule has 1 unspecified atom stereocenters. The Bertz CT molecular complexity index is 429. The molecule has 6 heteroatoms. The number of carbonyl (C=O) groups is 1. The van der Waals surface area contributed by atoms with Crippen LogP contribution in [0.15, 0.2) is 15.9 Å². The quantitative estimate of drug-likeness (QED) is 0.876. The van der Waals surface area contributed by atoms with Gasteiger partial charge in [0.15, 0.2) is 0 Å². The highest BCUT2D eigenvalue weighted by atomic mass is 79.9. The molecule has 1 amide bonds. The zero-order valence-electron chi connectivity index (χ0n) is 11.1. The van der Waals surface area contributed by atoms with Gasteiger partial charge < -0.3 is 11.1 Å². The van der Waals surface area contributed by atoms with Gasteiger partial charge in [0.05, 0.1) is 6.04 Å². The third-order valence-corrected chi connectivity index (χ3v) is 5.52. The molecule has 106 valence electrons. The molecule has 1 atom stereocenters. The highest BCUT2D eigenvalue weighted by molar-refractivity contribution is 9.10. The highest BCUT2D eigenvalue weighted by Gasteiger charge is 2.28. The van der Waals surface area contributed by atoms with Crippen LogP contribution in [0.5, 0.6) is 0 Å². The van der Waals surface area contributed by atoms with E-state index in [-0.39, 0.29) is 17.9 Å². The van der Waals surface area contributed by atoms with Gasteiger partial charge in [-0.05, 0) is 47.9 Å². The number of amides is 1. The van der Waals surface area contributed by atoms with Crippen molar-refractivity contribution in [2.24, 2.45) is 11.7 Å². The summed E-state index contributed by atoms with van der Waals surface area (Å²) in [6.45, 7) is 2.50. The van der Waals surface area contributed by atoms with Gasteiger partial charge in [0.25, 0.3) is 0 Å². The number of rotatable bonds is 4. The summed E-state index contributed by atoms with van der Waals surface area (Å²) in [6.07, 6.45) is 1.84. The van der Waals surface area contributed by atoms with E-state index in [0.717, 1.165) is 30.4 Å². The Morgan fingerprint density at radius 1 is 1.63 bits per heavy atom. The first-order valence-corrected chi connectivity index (χ1v) is 8.22. The summed E-state index contributed by atoms with van der Waals surface area (Å²) in [7, 11) is 1.71. The summed E-state index contributed by atoms with van der Waals surface area (Å²) in [5.41, 5.74) is 5.94. The van der Waals surface area contributed by atoms with Crippen LogP contribution in [0.3, 0.4) is 0 Å². The predicted octanol–water partition coefficient (Wildman–Crippen LogP) is 1.97. The molecular weight excluding hydrogens is 326 g/mol. The van der Waals surface area contributed by atoms with E-state index >= 15 is 0 Å². The lowest BCUT2D eigenvalue weighted by Crippen LogP contribution is -2.42. The second kappa shape index (κ2) is 6.83. The zero-order chi connectivity index (χ0) is 13.8. The summed E-state index contributed by atoms with van der Waals surface area (Å²) in [6, 6.07) is 2.43. The maximum absolute atomic E-state index is 11.6. The molecule has 3 N–H and O–H groups in total. The third-order valence-electron chi connectivity index (χ3n) is 3.73. The van der Waals surface area contributed by atoms with Crippen LogP contribution in [0.25, 0.3) is 0 Å². The van der Waals surface area contributed by atoms with Crippen molar-refractivity contribution in [1.29, 1.82) is 0 Å². The van der Waals surface area contributed by atoms with Gasteiger partial charge in [-0.2, -0.15) is 0 Å². The molecule has 0 radical (unpaired) electrons. The van der Waals surface area contributed by atoms with E-state index in [2.05, 4.69) is 37.6 Å². The van der Waals surface area contributed by atoms with Crippen LogP contribution < -0.4 is 11.1 Å². The molecule has 0 saturated carbocycles. The standard InChI is InChI=1S/C13H20BrN3OS/c1-16-13(18)9-2-4-17(5-3-9)11(7-15)12-6-10(14)8-19-12/h6,8-9,11H,2-5,7,15H2,1H3,(H,16,18). The second-order valence-electron chi connectivity index (χ2n) is 4.84. The first-order chi connectivity index (χ1) is 9.15. The number of piperidine rings is 1. The van der Waals surface area contributed by atoms with Crippen molar-refractivity contribution in [2.75, 3.05) is 26.7 Å². The fourth-order valence-electron chi connectivity index (χ4n) is 2.63. The molecular formula is C13H20BrN3OS. The largest absolute Gasteiger partial charge is 0.359 e. The minimum Gasteiger partial charge on any atom is -0.359 e. The van der Waals surface area contributed by atoms with Crippen LogP contribution in [0.1, 0.15) is 23.8 Å². The Labute approximate surface area is 126 Å². The van der Waals surface area contributed by atoms with Gasteiger partial charge in [-0.25, -0.2) is 0 Å². The first-order valence-electron chi connectivity index (χ1n) is 6.55. The lowest BCUT2D eigenvalue weighted by Gasteiger charge is -2.36. The van der Waals surface area contributed by atoms with E-state index < -0.39 is 0 Å². The molecule has 0 bridgehead atoms. The SMILES string of the molecule is CNC(=O)C1CCN(C(CN)c2cc(Br)cs2)CC1. The fourth-order valence-corrected chi connectivity index (χ4v) is 4.22. The summed E-state index contributed by atoms with van der Waals surface area (Å²) in [4.78, 5) is 15.3. The number of nitrogens with one attached hydrogen (secondary N) is 1. The minimum atomic E-state index is 0.162. The molecule has 1 aromatic heterocycles. The first kappa shape index (κ1) is 15.0. The van der Waals surface area contributed by atoms with Crippen LogP contribution in [0.2, 0.25) is 0 Å². The smallest absolute Gasteiger partial charge is 0.222 e. The zero-order valence-corrected chi connectivity index (χ0v) is 13.5. The van der Waals surface area contributed by atoms with Gasteiger partial charge >= 0.3 is 0 Å². The number of likely N-dealkylation sites (tertiary alicyclic amines) is 1. The van der Waals surface area contributed by atoms with Gasteiger partial charge in [0.2, 0.25) is 5.91 Å². The van der Waals surface area contributed by atoms with Crippen molar-refractivity contribution in [1.82, 2.24) is 10.2 Å². The minimum absolute atomic E-state index is 0.162. The predicted molar refractivity (Wildman–Crippen MR) is 82.2 cm³/mol. The molecule has 0 aliphatic carbocycles. The Hall–Kier alpha value is -0.430. The Morgan fingerprint density at radius 2 is 2.32 bits per heavy atom. The number of hydrogen-bond acceptors (Lipinski definition) is 4. The topological polar surface area (TPSA) is 58.4 Å². The molecule has 1 aromatic rings. The molecule has 2 rings (SSSR count). The Morgan fingerprint density at radius 3 is 2.79 bits per heavy atom. The molecule has 1 saturated heterocycles. The molecule has 2 heterocycles. The summed E-state index contributed by atoms with van der Waals surface area (Å²) in [5, 5.41) is 4.83. The van der Waals surface area contributed by atoms with E-state index in [1.807, 2.05) is 0 Å². The molecule has 19 heavy (non-hydrogen) atoms. The third kappa shape index (κ3) is 3.56. The maximum atomic E-state index is 11.6. The van der Waals surface area contributed by atoms with E-state index in [0.29, 0.717) is 6.54 Å². The Kier molecular flexibility index (Phi) is 5.38. The summed E-state index contributed by atoms with van der Waals surface area (Å²) >= 11 is 5.23. The van der Waals surface area contributed by atoms with Gasteiger partial charge in [0, 0.05) is 34.2 Å². The lowest BCUT2D eigenvalue weighted by molar-refractivity contribution is -0.126. The van der Waals surface area contributed by atoms with Gasteiger partial charge in [-0.3, -0.25) is 9.69 Å². The van der Waals surface area contributed by atoms with Gasteiger partial charge in [-0.15, -0.1) is 11.3 Å². The van der Waals surface area contributed by atoms with E-state index in [4.69, 9.17) is 5.73 Å². The number of carbonyl (C=O) groups excluding carboxylic acids is 1. The molecule has 1 aliphatic rings. The van der Waals surface area contributed by atoms with E-state index in [1.54, 1.807) is 18.4 Å². The monoisotopic (exact) mass is 345 g/mol. The van der Waals surface area contributed by atoms with Crippen molar-refractivity contribution in [3.63, 3.8) is 0 Å². The van der Waals surface area contributed by atoms with E-state index in [9.17, 15) is 4.79 Å². The van der Waals surface area contributed by atoms with Crippen molar-refractivity contribution < 1.29 is 4.79 Å². The molecule has 1 aliphatic heterocycles. The Balaban J connectivity index is 1.97. The number of thiophene rings is 1. The number of hydrogen-bond donors (Lipinski definition) is 2. The normalized spacial score (nSPS) is 19.3. The average molecular weight is 346 g/mol. The van der Waals surface area contributed by atoms with Crippen LogP contribution in [-0.4, -0.2) is 37.5 Å². The summed E-state index contributed by atoms with van der Waals surface area (Å²) in [5.74, 6) is 0.331. The van der Waals surface area contributed by atoms with Crippen molar-refractivity contribution in [3.05, 3.63) is 20.8 Å². The second-order valence-corrected chi connectivity index (χ2v) is 6.70. The summed E-state index contributed by atoms with van der Waals surface area (Å²) < 4.78 is 1.12. The molecule has 0 aromatic carbocycles. The van der Waals surface area contributed by atoms with Gasteiger partial charge in [0.1, 0.15) is 0 Å². The molecule has 1 fully saturated rings. The van der Waals surface area contributed by atoms with E-state index in [1.165, 1.54) is 4.88 Å². The molecule has 0 spiro atoms. The fraction of sp³-hybridized carbons (Fsp3) is 0.615. The van der Waals surface area contributed by atoms with Crippen LogP contribution in [0.4, 0.5) is 0 Å². The van der Waals surface area contributed by atoms with Crippen molar-refractivity contribution in [2.45, 2.75) is 18.9 Å². The van der Waals surface area contributed by atoms with Crippen LogP contribution in [-0.2, 0) is 4.79 Å². The lowest BCUT2D eigenvalue weighted by atomic mass is 9.94. The van der Waals surface area contributed by atoms with Crippen molar-refractivity contribution >= 4 is 33.2 Å². The average Bonchev–Trinajstić information content (AvgIpc) is 2.86. The number of nitrogens with zero attached hydrogens (tertiary/aromatic N) is 1. The van der Waals surface area contributed by atoms with Crippen LogP contribution in [0, 0.1) is 5.92 Å². The van der Waals surface area contributed by atoms with Gasteiger partial charge in [-0.1, -0.05) is 0 Å².